The number of carbonyl (C=O) groups is 1. The number of rotatable bonds is 11. The van der Waals surface area contributed by atoms with Gasteiger partial charge in [-0.05, 0) is 68.1 Å². The summed E-state index contributed by atoms with van der Waals surface area (Å²) in [5.74, 6) is 1.12. The van der Waals surface area contributed by atoms with Gasteiger partial charge in [0.1, 0.15) is 5.75 Å². The zero-order valence-corrected chi connectivity index (χ0v) is 19.1. The van der Waals surface area contributed by atoms with Crippen molar-refractivity contribution in [3.8, 4) is 5.75 Å². The lowest BCUT2D eigenvalue weighted by Crippen LogP contribution is -2.28. The maximum Gasteiger partial charge on any atom is 0.207 e. The van der Waals surface area contributed by atoms with E-state index < -0.39 is 0 Å². The first-order chi connectivity index (χ1) is 14.5. The largest absolute Gasteiger partial charge is 0.497 e. The summed E-state index contributed by atoms with van der Waals surface area (Å²) in [5.41, 5.74) is 5.10. The zero-order chi connectivity index (χ0) is 22.4. The van der Waals surface area contributed by atoms with Crippen LogP contribution in [-0.2, 0) is 4.79 Å². The SMILES string of the molecule is CCCC(CO)NC.COc1ccc(C(CCNC=O)c2ccc(C)c(C)c2)cc1. The Balaban J connectivity index is 0.000000479. The molecule has 2 aromatic carbocycles. The topological polar surface area (TPSA) is 70.6 Å². The van der Waals surface area contributed by atoms with Gasteiger partial charge in [-0.1, -0.05) is 43.7 Å². The van der Waals surface area contributed by atoms with Crippen LogP contribution >= 0.6 is 0 Å². The van der Waals surface area contributed by atoms with Crippen LogP contribution in [0.15, 0.2) is 42.5 Å². The number of amides is 1. The summed E-state index contributed by atoms with van der Waals surface area (Å²) >= 11 is 0. The van der Waals surface area contributed by atoms with E-state index >= 15 is 0 Å². The van der Waals surface area contributed by atoms with E-state index in [-0.39, 0.29) is 12.5 Å². The van der Waals surface area contributed by atoms with Gasteiger partial charge in [0.2, 0.25) is 6.41 Å². The van der Waals surface area contributed by atoms with Gasteiger partial charge >= 0.3 is 0 Å². The van der Waals surface area contributed by atoms with Crippen LogP contribution in [0.25, 0.3) is 0 Å². The fourth-order valence-electron chi connectivity index (χ4n) is 3.31. The second-order valence-corrected chi connectivity index (χ2v) is 7.49. The molecule has 0 radical (unpaired) electrons. The summed E-state index contributed by atoms with van der Waals surface area (Å²) < 4.78 is 5.23. The molecule has 1 amide bonds. The van der Waals surface area contributed by atoms with Crippen LogP contribution in [0.3, 0.4) is 0 Å². The number of carbonyl (C=O) groups excluding carboxylic acids is 1. The number of hydrogen-bond acceptors (Lipinski definition) is 4. The van der Waals surface area contributed by atoms with Gasteiger partial charge in [-0.2, -0.15) is 0 Å². The highest BCUT2D eigenvalue weighted by Gasteiger charge is 2.15. The third kappa shape index (κ3) is 8.56. The molecule has 2 aromatic rings. The van der Waals surface area contributed by atoms with Crippen LogP contribution in [0, 0.1) is 13.8 Å². The smallest absolute Gasteiger partial charge is 0.207 e. The molecular formula is C25H38N2O3. The Bertz CT molecular complexity index is 728. The molecule has 0 spiro atoms. The Labute approximate surface area is 181 Å². The summed E-state index contributed by atoms with van der Waals surface area (Å²) in [6.07, 6.45) is 3.82. The second kappa shape index (κ2) is 14.6. The minimum Gasteiger partial charge on any atom is -0.497 e. The molecule has 2 unspecified atom stereocenters. The van der Waals surface area contributed by atoms with Gasteiger partial charge in [0, 0.05) is 18.5 Å². The third-order valence-electron chi connectivity index (χ3n) is 5.38. The zero-order valence-electron chi connectivity index (χ0n) is 19.1. The van der Waals surface area contributed by atoms with Crippen molar-refractivity contribution in [1.82, 2.24) is 10.6 Å². The third-order valence-corrected chi connectivity index (χ3v) is 5.38. The van der Waals surface area contributed by atoms with E-state index in [1.807, 2.05) is 19.2 Å². The number of benzene rings is 2. The number of hydrogen-bond donors (Lipinski definition) is 3. The normalized spacial score (nSPS) is 12.3. The van der Waals surface area contributed by atoms with Gasteiger partial charge in [0.25, 0.3) is 0 Å². The van der Waals surface area contributed by atoms with E-state index in [0.29, 0.717) is 12.6 Å². The molecule has 166 valence electrons. The van der Waals surface area contributed by atoms with Crippen molar-refractivity contribution in [2.24, 2.45) is 0 Å². The standard InChI is InChI=1S/C19H23NO2.C6H15NO/c1-14-4-5-17(12-15(14)2)19(10-11-20-13-21)16-6-8-18(22-3)9-7-16;1-3-4-6(5-8)7-2/h4-9,12-13,19H,10-11H2,1-3H3,(H,20,21);6-8H,3-5H2,1-2H3. The van der Waals surface area contributed by atoms with Gasteiger partial charge < -0.3 is 20.5 Å². The highest BCUT2D eigenvalue weighted by molar-refractivity contribution is 5.46. The quantitative estimate of drug-likeness (QED) is 0.385. The van der Waals surface area contributed by atoms with E-state index in [2.05, 4.69) is 61.7 Å². The van der Waals surface area contributed by atoms with Gasteiger partial charge in [-0.15, -0.1) is 0 Å². The molecule has 0 aliphatic heterocycles. The van der Waals surface area contributed by atoms with E-state index in [0.717, 1.165) is 31.4 Å². The van der Waals surface area contributed by atoms with Crippen LogP contribution in [0.2, 0.25) is 0 Å². The van der Waals surface area contributed by atoms with E-state index in [1.54, 1.807) is 7.11 Å². The lowest BCUT2D eigenvalue weighted by molar-refractivity contribution is -0.109. The molecule has 0 aromatic heterocycles. The van der Waals surface area contributed by atoms with E-state index in [4.69, 9.17) is 9.84 Å². The Kier molecular flexibility index (Phi) is 12.5. The highest BCUT2D eigenvalue weighted by atomic mass is 16.5. The van der Waals surface area contributed by atoms with Crippen molar-refractivity contribution in [2.75, 3.05) is 27.3 Å². The fourth-order valence-corrected chi connectivity index (χ4v) is 3.31. The average molecular weight is 415 g/mol. The lowest BCUT2D eigenvalue weighted by atomic mass is 9.87. The van der Waals surface area contributed by atoms with E-state index in [9.17, 15) is 4.79 Å². The van der Waals surface area contributed by atoms with Crippen LogP contribution in [0.1, 0.15) is 54.4 Å². The van der Waals surface area contributed by atoms with Gasteiger partial charge in [0.05, 0.1) is 13.7 Å². The average Bonchev–Trinajstić information content (AvgIpc) is 2.78. The van der Waals surface area contributed by atoms with Crippen molar-refractivity contribution in [1.29, 1.82) is 0 Å². The molecule has 30 heavy (non-hydrogen) atoms. The van der Waals surface area contributed by atoms with Crippen LogP contribution in [0.4, 0.5) is 0 Å². The molecule has 0 fully saturated rings. The minimum atomic E-state index is 0.254. The summed E-state index contributed by atoms with van der Waals surface area (Å²) in [5, 5.41) is 14.4. The lowest BCUT2D eigenvalue weighted by Gasteiger charge is -2.19. The number of aliphatic hydroxyl groups excluding tert-OH is 1. The maximum atomic E-state index is 10.5. The van der Waals surface area contributed by atoms with Crippen LogP contribution in [-0.4, -0.2) is 44.9 Å². The molecule has 2 rings (SSSR count). The highest BCUT2D eigenvalue weighted by Crippen LogP contribution is 2.30. The first-order valence-electron chi connectivity index (χ1n) is 10.7. The first kappa shape index (κ1) is 25.7. The number of aliphatic hydroxyl groups is 1. The molecule has 0 saturated carbocycles. The van der Waals surface area contributed by atoms with Gasteiger partial charge in [0.15, 0.2) is 0 Å². The van der Waals surface area contributed by atoms with Crippen molar-refractivity contribution in [2.45, 2.75) is 52.0 Å². The van der Waals surface area contributed by atoms with Crippen LogP contribution in [0.5, 0.6) is 5.75 Å². The Hall–Kier alpha value is -2.37. The number of methoxy groups -OCH3 is 1. The number of ether oxygens (including phenoxy) is 1. The molecule has 0 saturated heterocycles. The van der Waals surface area contributed by atoms with Crippen LogP contribution < -0.4 is 15.4 Å². The van der Waals surface area contributed by atoms with Crippen molar-refractivity contribution < 1.29 is 14.6 Å². The Morgan fingerprint density at radius 1 is 1.03 bits per heavy atom. The Morgan fingerprint density at radius 3 is 2.17 bits per heavy atom. The van der Waals surface area contributed by atoms with Crippen molar-refractivity contribution in [3.63, 3.8) is 0 Å². The molecule has 2 atom stereocenters. The predicted octanol–water partition coefficient (Wildman–Crippen LogP) is 3.95. The van der Waals surface area contributed by atoms with Gasteiger partial charge in [-0.3, -0.25) is 4.79 Å². The first-order valence-corrected chi connectivity index (χ1v) is 10.7. The monoisotopic (exact) mass is 414 g/mol. The number of likely N-dealkylation sites (N-methyl/N-ethyl adjacent to an activating group) is 1. The summed E-state index contributed by atoms with van der Waals surface area (Å²) in [6, 6.07) is 15.0. The molecular weight excluding hydrogens is 376 g/mol. The summed E-state index contributed by atoms with van der Waals surface area (Å²) in [4.78, 5) is 10.5. The molecule has 5 heteroatoms. The van der Waals surface area contributed by atoms with Crippen molar-refractivity contribution in [3.05, 3.63) is 64.7 Å². The van der Waals surface area contributed by atoms with E-state index in [1.165, 1.54) is 22.3 Å². The summed E-state index contributed by atoms with van der Waals surface area (Å²) in [6.45, 7) is 7.28. The second-order valence-electron chi connectivity index (χ2n) is 7.49. The Morgan fingerprint density at radius 2 is 1.70 bits per heavy atom. The molecule has 0 aliphatic rings. The predicted molar refractivity (Wildman–Crippen MR) is 124 cm³/mol. The molecule has 0 heterocycles. The van der Waals surface area contributed by atoms with Crippen molar-refractivity contribution >= 4 is 6.41 Å². The number of nitrogens with one attached hydrogen (secondary N) is 2. The maximum absolute atomic E-state index is 10.5. The molecule has 0 aliphatic carbocycles. The molecule has 5 nitrogen and oxygen atoms in total. The minimum absolute atomic E-state index is 0.254. The molecule has 0 bridgehead atoms. The fraction of sp³-hybridized carbons (Fsp3) is 0.480. The number of aryl methyl sites for hydroxylation is 2. The summed E-state index contributed by atoms with van der Waals surface area (Å²) in [7, 11) is 3.54. The molecule has 3 N–H and O–H groups in total. The van der Waals surface area contributed by atoms with Gasteiger partial charge in [-0.25, -0.2) is 0 Å².